The van der Waals surface area contributed by atoms with E-state index in [9.17, 15) is 29.1 Å². The predicted octanol–water partition coefficient (Wildman–Crippen LogP) is 5.78. The van der Waals surface area contributed by atoms with Gasteiger partial charge in [-0.2, -0.15) is 0 Å². The molecule has 0 saturated heterocycles. The second-order valence-electron chi connectivity index (χ2n) is 13.0. The van der Waals surface area contributed by atoms with Crippen LogP contribution in [0.25, 0.3) is 21.9 Å². The molecule has 13 heteroatoms. The molecule has 0 spiro atoms. The van der Waals surface area contributed by atoms with Crippen LogP contribution in [0, 0.1) is 0 Å². The third kappa shape index (κ3) is 7.84. The van der Waals surface area contributed by atoms with E-state index >= 15 is 0 Å². The minimum Gasteiger partial charge on any atom is -0.493 e. The summed E-state index contributed by atoms with van der Waals surface area (Å²) in [4.78, 5) is 75.5. The lowest BCUT2D eigenvalue weighted by Gasteiger charge is -2.45. The Kier molecular flexibility index (Phi) is 11.1. The molecule has 13 nitrogen and oxygen atoms in total. The van der Waals surface area contributed by atoms with Gasteiger partial charge in [-0.25, -0.2) is 14.6 Å². The van der Waals surface area contributed by atoms with Gasteiger partial charge >= 0.3 is 17.6 Å². The van der Waals surface area contributed by atoms with E-state index in [4.69, 9.17) is 18.6 Å². The normalized spacial score (nSPS) is 16.2. The van der Waals surface area contributed by atoms with Crippen LogP contribution in [0.1, 0.15) is 62.6 Å². The number of hydrogen-bond donors (Lipinski definition) is 2. The van der Waals surface area contributed by atoms with Crippen LogP contribution in [0.5, 0.6) is 5.75 Å². The maximum Gasteiger partial charge on any atom is 0.351 e. The van der Waals surface area contributed by atoms with E-state index in [0.29, 0.717) is 28.6 Å². The predicted molar refractivity (Wildman–Crippen MR) is 206 cm³/mol. The topological polar surface area (TPSA) is 175 Å². The summed E-state index contributed by atoms with van der Waals surface area (Å²) in [5, 5.41) is 13.6. The molecule has 4 aromatic carbocycles. The van der Waals surface area contributed by atoms with Crippen molar-refractivity contribution >= 4 is 51.3 Å². The smallest absolute Gasteiger partial charge is 0.351 e. The number of pyridine rings is 1. The quantitative estimate of drug-likeness (QED) is 0.0880. The zero-order valence-electron chi connectivity index (χ0n) is 30.3. The molecule has 0 aliphatic carbocycles. The van der Waals surface area contributed by atoms with E-state index in [1.165, 1.54) is 11.0 Å². The SMILES string of the molecule is CCOC(=O)C[C@H]1[C@H](OC(=O)c2cc3ccccc3oc2=O)[C@@H](NC(=O)c2ccc3ccccc3n2)c2cc(OCCCO)ccc2N1C(=O)c1ccccc1. The van der Waals surface area contributed by atoms with E-state index in [2.05, 4.69) is 10.3 Å². The first-order valence-electron chi connectivity index (χ1n) is 18.1. The number of fused-ring (bicyclic) bond motifs is 3. The summed E-state index contributed by atoms with van der Waals surface area (Å²) in [6.07, 6.45) is -1.64. The average Bonchev–Trinajstić information content (AvgIpc) is 3.21. The van der Waals surface area contributed by atoms with Gasteiger partial charge in [-0.15, -0.1) is 0 Å². The van der Waals surface area contributed by atoms with Crippen molar-refractivity contribution in [2.24, 2.45) is 0 Å². The third-order valence-corrected chi connectivity index (χ3v) is 9.35. The standard InChI is InChI=1S/C43H37N3O10/c1-2-53-37(48)25-35-39(56-43(52)31-23-28-14-7-9-16-36(28)55-42(31)51)38(45-40(49)33-19-17-26-11-6-8-15-32(26)44-33)30-24-29(54-22-10-21-47)18-20-34(30)46(35)41(50)27-12-4-3-5-13-27/h3-9,11-20,23-24,35,38-39,47H,2,10,21-22,25H2,1H3,(H,45,49)/t35-,38-,39-/m0/s1. The molecule has 1 aliphatic rings. The number of amides is 2. The highest BCUT2D eigenvalue weighted by molar-refractivity contribution is 6.08. The second-order valence-corrected chi connectivity index (χ2v) is 13.0. The summed E-state index contributed by atoms with van der Waals surface area (Å²) in [5.41, 5.74) is 0.309. The van der Waals surface area contributed by atoms with Crippen LogP contribution in [0.15, 0.2) is 124 Å². The summed E-state index contributed by atoms with van der Waals surface area (Å²) in [6.45, 7) is 1.70. The van der Waals surface area contributed by atoms with Crippen molar-refractivity contribution in [3.8, 4) is 5.75 Å². The Balaban J connectivity index is 1.40. The Morgan fingerprint density at radius 3 is 2.41 bits per heavy atom. The molecule has 0 radical (unpaired) electrons. The zero-order valence-corrected chi connectivity index (χ0v) is 30.3. The van der Waals surface area contributed by atoms with Crippen LogP contribution < -0.4 is 20.6 Å². The van der Waals surface area contributed by atoms with Crippen LogP contribution >= 0.6 is 0 Å². The minimum atomic E-state index is -1.50. The van der Waals surface area contributed by atoms with Crippen molar-refractivity contribution in [1.29, 1.82) is 0 Å². The fourth-order valence-electron chi connectivity index (χ4n) is 6.75. The van der Waals surface area contributed by atoms with E-state index in [0.717, 1.165) is 5.39 Å². The first kappa shape index (κ1) is 37.5. The Morgan fingerprint density at radius 2 is 1.62 bits per heavy atom. The van der Waals surface area contributed by atoms with Gasteiger partial charge in [0.25, 0.3) is 11.8 Å². The second kappa shape index (κ2) is 16.7. The van der Waals surface area contributed by atoms with Gasteiger partial charge in [0, 0.05) is 34.9 Å². The number of nitrogens with one attached hydrogen (secondary N) is 1. The minimum absolute atomic E-state index is 0.0275. The van der Waals surface area contributed by atoms with Gasteiger partial charge in [0.2, 0.25) is 0 Å². The molecule has 0 bridgehead atoms. The zero-order chi connectivity index (χ0) is 39.2. The number of para-hydroxylation sites is 2. The van der Waals surface area contributed by atoms with E-state index in [1.807, 2.05) is 12.1 Å². The number of rotatable bonds is 12. The summed E-state index contributed by atoms with van der Waals surface area (Å²) in [7, 11) is 0. The molecule has 284 valence electrons. The molecule has 2 aromatic heterocycles. The van der Waals surface area contributed by atoms with E-state index < -0.39 is 59.6 Å². The number of ether oxygens (including phenoxy) is 3. The number of anilines is 1. The molecule has 2 N–H and O–H groups in total. The van der Waals surface area contributed by atoms with Gasteiger partial charge < -0.3 is 34.0 Å². The number of esters is 2. The van der Waals surface area contributed by atoms with Gasteiger partial charge in [0.05, 0.1) is 42.9 Å². The van der Waals surface area contributed by atoms with Gasteiger partial charge in [-0.3, -0.25) is 14.4 Å². The Morgan fingerprint density at radius 1 is 0.875 bits per heavy atom. The van der Waals surface area contributed by atoms with E-state index in [1.54, 1.807) is 104 Å². The molecular formula is C43H37N3O10. The lowest BCUT2D eigenvalue weighted by atomic mass is 9.85. The average molecular weight is 756 g/mol. The number of nitrogens with zero attached hydrogens (tertiary/aromatic N) is 2. The summed E-state index contributed by atoms with van der Waals surface area (Å²) in [5.74, 6) is -2.68. The molecule has 3 heterocycles. The molecular weight excluding hydrogens is 718 g/mol. The molecule has 0 fully saturated rings. The lowest BCUT2D eigenvalue weighted by Crippen LogP contribution is -2.58. The van der Waals surface area contributed by atoms with Crippen molar-refractivity contribution in [3.63, 3.8) is 0 Å². The summed E-state index contributed by atoms with van der Waals surface area (Å²) < 4.78 is 22.9. The number of carbonyl (C=O) groups excluding carboxylic acids is 4. The number of carbonyl (C=O) groups is 4. The highest BCUT2D eigenvalue weighted by atomic mass is 16.6. The molecule has 2 amide bonds. The van der Waals surface area contributed by atoms with Crippen LogP contribution in [0.4, 0.5) is 5.69 Å². The largest absolute Gasteiger partial charge is 0.493 e. The van der Waals surface area contributed by atoms with Crippen LogP contribution in [0.3, 0.4) is 0 Å². The number of aliphatic hydroxyl groups is 1. The number of aromatic nitrogens is 1. The van der Waals surface area contributed by atoms with Crippen molar-refractivity contribution in [2.75, 3.05) is 24.7 Å². The highest BCUT2D eigenvalue weighted by Gasteiger charge is 2.48. The summed E-state index contributed by atoms with van der Waals surface area (Å²) >= 11 is 0. The Labute approximate surface area is 320 Å². The molecule has 6 aromatic rings. The van der Waals surface area contributed by atoms with Crippen LogP contribution in [-0.2, 0) is 14.3 Å². The summed E-state index contributed by atoms with van der Waals surface area (Å²) in [6, 6.07) is 29.2. The van der Waals surface area contributed by atoms with E-state index in [-0.39, 0.29) is 42.3 Å². The molecule has 0 saturated carbocycles. The van der Waals surface area contributed by atoms with Crippen molar-refractivity contribution < 1.29 is 42.9 Å². The Hall–Kier alpha value is -6.86. The molecule has 7 rings (SSSR count). The van der Waals surface area contributed by atoms with Gasteiger partial charge in [0.1, 0.15) is 28.7 Å². The lowest BCUT2D eigenvalue weighted by molar-refractivity contribution is -0.144. The van der Waals surface area contributed by atoms with Crippen molar-refractivity contribution in [2.45, 2.75) is 38.0 Å². The van der Waals surface area contributed by atoms with Crippen LogP contribution in [0.2, 0.25) is 0 Å². The highest BCUT2D eigenvalue weighted by Crippen LogP contribution is 2.43. The van der Waals surface area contributed by atoms with Crippen molar-refractivity contribution in [3.05, 3.63) is 148 Å². The number of benzene rings is 4. The fraction of sp³-hybridized carbons (Fsp3) is 0.209. The number of aliphatic hydroxyl groups excluding tert-OH is 1. The fourth-order valence-corrected chi connectivity index (χ4v) is 6.75. The monoisotopic (exact) mass is 755 g/mol. The van der Waals surface area contributed by atoms with Gasteiger partial charge in [-0.05, 0) is 61.5 Å². The number of hydrogen-bond acceptors (Lipinski definition) is 11. The first-order chi connectivity index (χ1) is 27.2. The van der Waals surface area contributed by atoms with Gasteiger partial charge in [-0.1, -0.05) is 60.7 Å². The maximum absolute atomic E-state index is 14.6. The molecule has 3 atom stereocenters. The third-order valence-electron chi connectivity index (χ3n) is 9.35. The maximum atomic E-state index is 14.6. The van der Waals surface area contributed by atoms with Crippen LogP contribution in [-0.4, -0.2) is 65.8 Å². The Bertz CT molecular complexity index is 2480. The molecule has 0 unspecified atom stereocenters. The molecule has 56 heavy (non-hydrogen) atoms. The van der Waals surface area contributed by atoms with Crippen molar-refractivity contribution in [1.82, 2.24) is 10.3 Å². The first-order valence-corrected chi connectivity index (χ1v) is 18.1. The molecule has 1 aliphatic heterocycles. The van der Waals surface area contributed by atoms with Gasteiger partial charge in [0.15, 0.2) is 0 Å².